The van der Waals surface area contributed by atoms with Crippen LogP contribution < -0.4 is 9.47 Å². The molecule has 2 atom stereocenters. The predicted molar refractivity (Wildman–Crippen MR) is 103 cm³/mol. The molecule has 2 aliphatic rings. The summed E-state index contributed by atoms with van der Waals surface area (Å²) >= 11 is 0. The molecule has 0 bridgehead atoms. The number of rotatable bonds is 6. The van der Waals surface area contributed by atoms with Crippen molar-refractivity contribution in [2.45, 2.75) is 45.1 Å². The first-order valence-corrected chi connectivity index (χ1v) is 9.82. The lowest BCUT2D eigenvalue weighted by atomic mass is 9.99. The predicted octanol–water partition coefficient (Wildman–Crippen LogP) is 2.50. The molecule has 0 spiro atoms. The third kappa shape index (κ3) is 4.37. The first kappa shape index (κ1) is 19.5. The molecule has 2 amide bonds. The van der Waals surface area contributed by atoms with Gasteiger partial charge in [0.15, 0.2) is 11.5 Å². The number of piperidine rings is 1. The molecule has 27 heavy (non-hydrogen) atoms. The van der Waals surface area contributed by atoms with E-state index >= 15 is 0 Å². The maximum absolute atomic E-state index is 12.8. The molecule has 6 nitrogen and oxygen atoms in total. The highest BCUT2D eigenvalue weighted by molar-refractivity contribution is 5.89. The van der Waals surface area contributed by atoms with Crippen LogP contribution in [0, 0.1) is 5.92 Å². The number of benzene rings is 1. The van der Waals surface area contributed by atoms with E-state index in [-0.39, 0.29) is 17.7 Å². The fourth-order valence-corrected chi connectivity index (χ4v) is 4.11. The van der Waals surface area contributed by atoms with Gasteiger partial charge in [-0.2, -0.15) is 0 Å². The Balaban J connectivity index is 1.57. The largest absolute Gasteiger partial charge is 0.493 e. The Hall–Kier alpha value is -2.24. The third-order valence-corrected chi connectivity index (χ3v) is 5.77. The molecule has 6 heteroatoms. The van der Waals surface area contributed by atoms with Gasteiger partial charge in [-0.25, -0.2) is 0 Å². The molecule has 1 aromatic carbocycles. The molecular weight excluding hydrogens is 344 g/mol. The second kappa shape index (κ2) is 8.63. The summed E-state index contributed by atoms with van der Waals surface area (Å²) in [4.78, 5) is 29.1. The van der Waals surface area contributed by atoms with Gasteiger partial charge in [0.2, 0.25) is 11.8 Å². The van der Waals surface area contributed by atoms with Crippen LogP contribution in [0.3, 0.4) is 0 Å². The number of nitrogens with zero attached hydrogens (tertiary/aromatic N) is 2. The maximum atomic E-state index is 12.8. The van der Waals surface area contributed by atoms with Crippen molar-refractivity contribution in [1.29, 1.82) is 0 Å². The minimum absolute atomic E-state index is 0.0819. The monoisotopic (exact) mass is 374 g/mol. The summed E-state index contributed by atoms with van der Waals surface area (Å²) in [5, 5.41) is 0. The number of likely N-dealkylation sites (tertiary alicyclic amines) is 2. The van der Waals surface area contributed by atoms with E-state index in [2.05, 4.69) is 6.92 Å². The lowest BCUT2D eigenvalue weighted by molar-refractivity contribution is -0.139. The van der Waals surface area contributed by atoms with Crippen molar-refractivity contribution in [3.63, 3.8) is 0 Å². The summed E-state index contributed by atoms with van der Waals surface area (Å²) in [5.41, 5.74) is 1.08. The van der Waals surface area contributed by atoms with E-state index < -0.39 is 0 Å². The lowest BCUT2D eigenvalue weighted by Gasteiger charge is -2.35. The molecular formula is C21H30N2O4. The van der Waals surface area contributed by atoms with Crippen LogP contribution in [0.2, 0.25) is 0 Å². The zero-order valence-electron chi connectivity index (χ0n) is 16.6. The van der Waals surface area contributed by atoms with Crippen molar-refractivity contribution in [1.82, 2.24) is 9.80 Å². The van der Waals surface area contributed by atoms with Crippen molar-refractivity contribution >= 4 is 11.8 Å². The number of hydrogen-bond donors (Lipinski definition) is 0. The van der Waals surface area contributed by atoms with Gasteiger partial charge in [0.25, 0.3) is 0 Å². The highest BCUT2D eigenvalue weighted by Gasteiger charge is 2.37. The number of amides is 2. The van der Waals surface area contributed by atoms with Gasteiger partial charge < -0.3 is 19.3 Å². The molecule has 2 fully saturated rings. The second-order valence-electron chi connectivity index (χ2n) is 7.56. The fourth-order valence-electron chi connectivity index (χ4n) is 4.11. The zero-order chi connectivity index (χ0) is 19.4. The minimum Gasteiger partial charge on any atom is -0.493 e. The first-order valence-electron chi connectivity index (χ1n) is 9.82. The number of methoxy groups -OCH3 is 2. The third-order valence-electron chi connectivity index (χ3n) is 5.77. The Morgan fingerprint density at radius 1 is 1.19 bits per heavy atom. The molecule has 2 unspecified atom stereocenters. The molecule has 0 saturated carbocycles. The Bertz CT molecular complexity index is 691. The zero-order valence-corrected chi connectivity index (χ0v) is 16.6. The molecule has 0 radical (unpaired) electrons. The molecule has 148 valence electrons. The average molecular weight is 374 g/mol. The van der Waals surface area contributed by atoms with Gasteiger partial charge >= 0.3 is 0 Å². The lowest BCUT2D eigenvalue weighted by Crippen LogP contribution is -2.45. The highest BCUT2D eigenvalue weighted by Crippen LogP contribution is 2.29. The van der Waals surface area contributed by atoms with E-state index in [1.54, 1.807) is 14.2 Å². The van der Waals surface area contributed by atoms with Crippen molar-refractivity contribution in [3.05, 3.63) is 23.8 Å². The van der Waals surface area contributed by atoms with Crippen LogP contribution in [0.25, 0.3) is 0 Å². The smallest absolute Gasteiger partial charge is 0.228 e. The van der Waals surface area contributed by atoms with Gasteiger partial charge in [0.1, 0.15) is 0 Å². The van der Waals surface area contributed by atoms with E-state index in [4.69, 9.17) is 9.47 Å². The van der Waals surface area contributed by atoms with Crippen LogP contribution in [0.4, 0.5) is 0 Å². The summed E-state index contributed by atoms with van der Waals surface area (Å²) in [6, 6.07) is 6.10. The molecule has 3 rings (SSSR count). The Morgan fingerprint density at radius 3 is 2.67 bits per heavy atom. The van der Waals surface area contributed by atoms with E-state index in [0.29, 0.717) is 37.1 Å². The second-order valence-corrected chi connectivity index (χ2v) is 7.56. The molecule has 2 heterocycles. The van der Waals surface area contributed by atoms with E-state index in [9.17, 15) is 9.59 Å². The van der Waals surface area contributed by atoms with Crippen LogP contribution in [-0.4, -0.2) is 61.5 Å². The van der Waals surface area contributed by atoms with Crippen LogP contribution in [0.15, 0.2) is 18.2 Å². The number of carbonyl (C=O) groups is 2. The van der Waals surface area contributed by atoms with Gasteiger partial charge in [0, 0.05) is 32.1 Å². The highest BCUT2D eigenvalue weighted by atomic mass is 16.5. The van der Waals surface area contributed by atoms with Gasteiger partial charge in [0.05, 0.1) is 20.1 Å². The van der Waals surface area contributed by atoms with E-state index in [1.165, 1.54) is 6.42 Å². The van der Waals surface area contributed by atoms with Crippen LogP contribution in [0.5, 0.6) is 11.5 Å². The summed E-state index contributed by atoms with van der Waals surface area (Å²) in [6.45, 7) is 4.10. The fraction of sp³-hybridized carbons (Fsp3) is 0.619. The van der Waals surface area contributed by atoms with E-state index in [0.717, 1.165) is 31.4 Å². The summed E-state index contributed by atoms with van der Waals surface area (Å²) in [6.07, 6.45) is 4.39. The van der Waals surface area contributed by atoms with Gasteiger partial charge in [-0.15, -0.1) is 0 Å². The topological polar surface area (TPSA) is 59.1 Å². The standard InChI is InChI=1S/C21H30N2O4/c1-15-6-4-5-10-23(15)21(25)17-13-20(24)22(14-17)11-9-16-7-8-18(26-2)19(12-16)27-3/h7-8,12,15,17H,4-6,9-11,13-14H2,1-3H3. The molecule has 1 aromatic rings. The van der Waals surface area contributed by atoms with Gasteiger partial charge in [-0.3, -0.25) is 9.59 Å². The summed E-state index contributed by atoms with van der Waals surface area (Å²) in [7, 11) is 3.23. The van der Waals surface area contributed by atoms with Crippen LogP contribution in [0.1, 0.15) is 38.2 Å². The summed E-state index contributed by atoms with van der Waals surface area (Å²) in [5.74, 6) is 1.43. The number of hydrogen-bond acceptors (Lipinski definition) is 4. The van der Waals surface area contributed by atoms with Crippen molar-refractivity contribution in [2.24, 2.45) is 5.92 Å². The number of carbonyl (C=O) groups excluding carboxylic acids is 2. The van der Waals surface area contributed by atoms with Crippen molar-refractivity contribution in [3.8, 4) is 11.5 Å². The molecule has 0 N–H and O–H groups in total. The normalized spacial score (nSPS) is 22.9. The molecule has 2 aliphatic heterocycles. The minimum atomic E-state index is -0.191. The van der Waals surface area contributed by atoms with Crippen molar-refractivity contribution in [2.75, 3.05) is 33.9 Å². The van der Waals surface area contributed by atoms with E-state index in [1.807, 2.05) is 28.0 Å². The maximum Gasteiger partial charge on any atom is 0.228 e. The Labute approximate surface area is 161 Å². The number of ether oxygens (including phenoxy) is 2. The van der Waals surface area contributed by atoms with Gasteiger partial charge in [-0.05, 0) is 50.3 Å². The van der Waals surface area contributed by atoms with Crippen molar-refractivity contribution < 1.29 is 19.1 Å². The average Bonchev–Trinajstić information content (AvgIpc) is 3.06. The quantitative estimate of drug-likeness (QED) is 0.768. The molecule has 0 aromatic heterocycles. The van der Waals surface area contributed by atoms with Gasteiger partial charge in [-0.1, -0.05) is 6.07 Å². The van der Waals surface area contributed by atoms with Crippen LogP contribution >= 0.6 is 0 Å². The van der Waals surface area contributed by atoms with Crippen LogP contribution in [-0.2, 0) is 16.0 Å². The SMILES string of the molecule is COc1ccc(CCN2CC(C(=O)N3CCCCC3C)CC2=O)cc1OC. The summed E-state index contributed by atoms with van der Waals surface area (Å²) < 4.78 is 10.6. The molecule has 0 aliphatic carbocycles. The Kier molecular flexibility index (Phi) is 6.24. The first-order chi connectivity index (χ1) is 13.0. The Morgan fingerprint density at radius 2 is 1.96 bits per heavy atom. The molecule has 2 saturated heterocycles.